The van der Waals surface area contributed by atoms with Crippen molar-refractivity contribution in [3.63, 3.8) is 0 Å². The quantitative estimate of drug-likeness (QED) is 0.383. The molecule has 4 nitrogen and oxygen atoms in total. The topological polar surface area (TPSA) is 58.3 Å². The summed E-state index contributed by atoms with van der Waals surface area (Å²) in [6.07, 6.45) is 1.54. The van der Waals surface area contributed by atoms with Crippen LogP contribution in [0.2, 0.25) is 0 Å². The number of para-hydroxylation sites is 2. The summed E-state index contributed by atoms with van der Waals surface area (Å²) in [7, 11) is 0. The second kappa shape index (κ2) is 9.80. The second-order valence-corrected chi connectivity index (χ2v) is 6.41. The predicted molar refractivity (Wildman–Crippen MR) is 105 cm³/mol. The number of benzene rings is 2. The summed E-state index contributed by atoms with van der Waals surface area (Å²) in [6, 6.07) is 23.8. The van der Waals surface area contributed by atoms with E-state index in [1.807, 2.05) is 36.5 Å². The fourth-order valence-corrected chi connectivity index (χ4v) is 3.06. The van der Waals surface area contributed by atoms with E-state index in [1.54, 1.807) is 13.8 Å². The van der Waals surface area contributed by atoms with Crippen molar-refractivity contribution in [3.8, 4) is 5.82 Å². The predicted octanol–water partition coefficient (Wildman–Crippen LogP) is 4.11. The average molecular weight is 543 g/mol. The number of pyridine rings is 1. The van der Waals surface area contributed by atoms with Gasteiger partial charge in [-0.1, -0.05) is 29.8 Å². The molecule has 4 aromatic rings. The van der Waals surface area contributed by atoms with Gasteiger partial charge in [-0.2, -0.15) is 24.3 Å². The molecule has 0 aliphatic rings. The molecule has 0 aliphatic heterocycles. The summed E-state index contributed by atoms with van der Waals surface area (Å²) in [5.74, 6) is 0.927. The number of aliphatic hydroxyl groups excluding tert-OH is 2. The minimum absolute atomic E-state index is 0. The summed E-state index contributed by atoms with van der Waals surface area (Å²) in [6.45, 7) is 3.32. The normalized spacial score (nSPS) is 12.7. The van der Waals surface area contributed by atoms with Gasteiger partial charge in [-0.15, -0.1) is 5.39 Å². The molecule has 0 bridgehead atoms. The first kappa shape index (κ1) is 21.3. The van der Waals surface area contributed by atoms with Crippen molar-refractivity contribution < 1.29 is 31.3 Å². The van der Waals surface area contributed by atoms with Gasteiger partial charge in [0.05, 0.1) is 12.2 Å². The number of aromatic nitrogens is 2. The van der Waals surface area contributed by atoms with E-state index < -0.39 is 0 Å². The Hall–Kier alpha value is -2.00. The first-order valence-corrected chi connectivity index (χ1v) is 8.75. The molecule has 144 valence electrons. The maximum absolute atomic E-state index is 8.56. The van der Waals surface area contributed by atoms with Gasteiger partial charge in [-0.3, -0.25) is 0 Å². The van der Waals surface area contributed by atoms with Gasteiger partial charge >= 0.3 is 0 Å². The Morgan fingerprint density at radius 3 is 2.22 bits per heavy atom. The Balaban J connectivity index is 0.000000285. The van der Waals surface area contributed by atoms with Crippen molar-refractivity contribution in [1.82, 2.24) is 9.55 Å². The number of nitrogens with zero attached hydrogens (tertiary/aromatic N) is 2. The molecule has 0 radical (unpaired) electrons. The van der Waals surface area contributed by atoms with Crippen LogP contribution < -0.4 is 0 Å². The van der Waals surface area contributed by atoms with Gasteiger partial charge in [-0.25, -0.2) is 4.98 Å². The third-order valence-corrected chi connectivity index (χ3v) is 4.05. The maximum Gasteiger partial charge on any atom is 0.135 e. The Morgan fingerprint density at radius 2 is 1.59 bits per heavy atom. The van der Waals surface area contributed by atoms with Crippen molar-refractivity contribution in [2.75, 3.05) is 0 Å². The summed E-state index contributed by atoms with van der Waals surface area (Å²) in [5.41, 5.74) is 2.24. The van der Waals surface area contributed by atoms with Gasteiger partial charge in [0.2, 0.25) is 0 Å². The average Bonchev–Trinajstić information content (AvgIpc) is 2.96. The summed E-state index contributed by atoms with van der Waals surface area (Å²) >= 11 is 0. The molecule has 27 heavy (non-hydrogen) atoms. The largest absolute Gasteiger partial charge is 0.393 e. The molecule has 2 unspecified atom stereocenters. The molecule has 0 saturated heterocycles. The van der Waals surface area contributed by atoms with Crippen LogP contribution in [0, 0.1) is 6.07 Å². The Labute approximate surface area is 173 Å². The van der Waals surface area contributed by atoms with Gasteiger partial charge in [0.25, 0.3) is 0 Å². The molecule has 5 heteroatoms. The molecule has 0 aliphatic carbocycles. The SMILES string of the molecule is CC(O)CC(C)O.[Pt].[c-]1cccc2c3ccccc3n(-c3ccccn3)c12. The third kappa shape index (κ3) is 5.04. The first-order valence-electron chi connectivity index (χ1n) is 8.75. The number of aliphatic hydroxyl groups is 2. The summed E-state index contributed by atoms with van der Waals surface area (Å²) < 4.78 is 2.16. The second-order valence-electron chi connectivity index (χ2n) is 6.41. The Morgan fingerprint density at radius 1 is 0.926 bits per heavy atom. The van der Waals surface area contributed by atoms with Gasteiger partial charge in [0.1, 0.15) is 5.82 Å². The van der Waals surface area contributed by atoms with E-state index in [0.717, 1.165) is 11.3 Å². The minimum atomic E-state index is -0.375. The van der Waals surface area contributed by atoms with Gasteiger partial charge in [0.15, 0.2) is 0 Å². The molecule has 2 heterocycles. The van der Waals surface area contributed by atoms with Crippen molar-refractivity contribution in [1.29, 1.82) is 0 Å². The van der Waals surface area contributed by atoms with Crippen LogP contribution in [0.25, 0.3) is 27.6 Å². The Bertz CT molecular complexity index is 922. The minimum Gasteiger partial charge on any atom is -0.393 e. The van der Waals surface area contributed by atoms with Crippen molar-refractivity contribution >= 4 is 21.8 Å². The monoisotopic (exact) mass is 542 g/mol. The molecule has 2 atom stereocenters. The van der Waals surface area contributed by atoms with Gasteiger partial charge in [-0.05, 0) is 43.9 Å². The number of hydrogen-bond donors (Lipinski definition) is 2. The molecule has 0 amide bonds. The molecule has 0 saturated carbocycles. The van der Waals surface area contributed by atoms with Crippen LogP contribution in [0.1, 0.15) is 20.3 Å². The molecule has 2 aromatic heterocycles. The van der Waals surface area contributed by atoms with E-state index in [0.29, 0.717) is 6.42 Å². The molecule has 4 rings (SSSR count). The summed E-state index contributed by atoms with van der Waals surface area (Å²) in [5, 5.41) is 19.6. The zero-order valence-corrected chi connectivity index (χ0v) is 17.6. The van der Waals surface area contributed by atoms with Crippen LogP contribution >= 0.6 is 0 Å². The summed E-state index contributed by atoms with van der Waals surface area (Å²) in [4.78, 5) is 4.46. The van der Waals surface area contributed by atoms with Crippen molar-refractivity contribution in [2.24, 2.45) is 0 Å². The number of hydrogen-bond acceptors (Lipinski definition) is 3. The smallest absolute Gasteiger partial charge is 0.135 e. The van der Waals surface area contributed by atoms with Crippen LogP contribution in [-0.4, -0.2) is 32.0 Å². The standard InChI is InChI=1S/C17H11N2.C5H12O2.Pt/c1-3-9-15-13(7-1)14-8-2-4-10-16(14)19(15)17-11-5-6-12-18-17;1-4(6)3-5(2)7;/h1-9,11-12H;4-7H,3H2,1-2H3;/q-1;;. The van der Waals surface area contributed by atoms with E-state index in [1.165, 1.54) is 16.3 Å². The molecule has 0 spiro atoms. The van der Waals surface area contributed by atoms with E-state index in [2.05, 4.69) is 45.9 Å². The van der Waals surface area contributed by atoms with E-state index in [-0.39, 0.29) is 33.3 Å². The molecule has 2 aromatic carbocycles. The first-order chi connectivity index (χ1) is 12.6. The maximum atomic E-state index is 8.56. The zero-order chi connectivity index (χ0) is 18.5. The molecular formula is C22H23N2O2Pt-. The van der Waals surface area contributed by atoms with E-state index in [4.69, 9.17) is 10.2 Å². The number of rotatable bonds is 3. The van der Waals surface area contributed by atoms with E-state index >= 15 is 0 Å². The number of fused-ring (bicyclic) bond motifs is 3. The third-order valence-electron chi connectivity index (χ3n) is 4.05. The Kier molecular flexibility index (Phi) is 7.73. The van der Waals surface area contributed by atoms with Crippen LogP contribution in [0.15, 0.2) is 66.9 Å². The van der Waals surface area contributed by atoms with Gasteiger partial charge < -0.3 is 14.8 Å². The van der Waals surface area contributed by atoms with Crippen molar-refractivity contribution in [2.45, 2.75) is 32.5 Å². The molecule has 0 fully saturated rings. The van der Waals surface area contributed by atoms with E-state index in [9.17, 15) is 0 Å². The van der Waals surface area contributed by atoms with Gasteiger partial charge in [0, 0.05) is 32.8 Å². The van der Waals surface area contributed by atoms with Crippen LogP contribution in [0.3, 0.4) is 0 Å². The van der Waals surface area contributed by atoms with Crippen molar-refractivity contribution in [3.05, 3.63) is 72.9 Å². The van der Waals surface area contributed by atoms with Crippen LogP contribution in [0.4, 0.5) is 0 Å². The molecule has 2 N–H and O–H groups in total. The fraction of sp³-hybridized carbons (Fsp3) is 0.227. The zero-order valence-electron chi connectivity index (χ0n) is 15.3. The fourth-order valence-electron chi connectivity index (χ4n) is 3.06. The van der Waals surface area contributed by atoms with Crippen LogP contribution in [0.5, 0.6) is 0 Å². The molecular weight excluding hydrogens is 519 g/mol. The van der Waals surface area contributed by atoms with Crippen LogP contribution in [-0.2, 0) is 21.1 Å².